The maximum absolute atomic E-state index is 14.6. The van der Waals surface area contributed by atoms with E-state index in [1.165, 1.54) is 4.90 Å². The summed E-state index contributed by atoms with van der Waals surface area (Å²) in [4.78, 5) is 42.4. The summed E-state index contributed by atoms with van der Waals surface area (Å²) >= 11 is 0. The SMILES string of the molecule is [N-]=[N+]=N[C@]1(CO)OC(n2cc(C(=O)N3CCCC3)c(=O)[nH]c2=O)[C@@H](F)[C@@H]1O. The van der Waals surface area contributed by atoms with Gasteiger partial charge in [0.25, 0.3) is 11.5 Å². The number of carbonyl (C=O) groups is 1. The van der Waals surface area contributed by atoms with Gasteiger partial charge in [0.2, 0.25) is 5.72 Å². The number of rotatable bonds is 4. The minimum Gasteiger partial charge on any atom is -0.393 e. The number of nitrogens with zero attached hydrogens (tertiary/aromatic N) is 5. The number of aromatic amines is 1. The van der Waals surface area contributed by atoms with Crippen LogP contribution < -0.4 is 11.2 Å². The Balaban J connectivity index is 2.03. The summed E-state index contributed by atoms with van der Waals surface area (Å²) in [6.45, 7) is -0.147. The molecule has 27 heavy (non-hydrogen) atoms. The molecule has 4 atom stereocenters. The summed E-state index contributed by atoms with van der Waals surface area (Å²) < 4.78 is 20.3. The molecule has 2 aliphatic heterocycles. The fourth-order valence-electron chi connectivity index (χ4n) is 3.20. The number of likely N-dealkylation sites (tertiary alicyclic amines) is 1. The molecule has 0 aliphatic carbocycles. The molecule has 1 aromatic rings. The first-order chi connectivity index (χ1) is 12.8. The van der Waals surface area contributed by atoms with Crippen molar-refractivity contribution in [2.75, 3.05) is 19.7 Å². The van der Waals surface area contributed by atoms with Gasteiger partial charge in [-0.25, -0.2) is 9.18 Å². The highest BCUT2D eigenvalue weighted by atomic mass is 19.1. The molecular formula is C14H17FN6O6. The van der Waals surface area contributed by atoms with Crippen LogP contribution in [0.5, 0.6) is 0 Å². The lowest BCUT2D eigenvalue weighted by Gasteiger charge is -2.23. The molecule has 3 heterocycles. The molecule has 0 bridgehead atoms. The topological polar surface area (TPSA) is 174 Å². The minimum atomic E-state index is -2.34. The van der Waals surface area contributed by atoms with Gasteiger partial charge in [-0.05, 0) is 18.4 Å². The quantitative estimate of drug-likeness (QED) is 0.341. The Morgan fingerprint density at radius 1 is 1.48 bits per heavy atom. The second-order valence-electron chi connectivity index (χ2n) is 6.30. The summed E-state index contributed by atoms with van der Waals surface area (Å²) in [5, 5.41) is 22.5. The first kappa shape index (κ1) is 19.0. The van der Waals surface area contributed by atoms with Crippen molar-refractivity contribution in [2.45, 2.75) is 37.1 Å². The predicted octanol–water partition coefficient (Wildman–Crippen LogP) is -1.00. The molecule has 2 fully saturated rings. The first-order valence-electron chi connectivity index (χ1n) is 8.16. The van der Waals surface area contributed by atoms with Crippen molar-refractivity contribution in [1.82, 2.24) is 14.5 Å². The fourth-order valence-corrected chi connectivity index (χ4v) is 3.20. The van der Waals surface area contributed by atoms with E-state index in [-0.39, 0.29) is 0 Å². The number of hydrogen-bond donors (Lipinski definition) is 3. The number of H-pyrrole nitrogens is 1. The van der Waals surface area contributed by atoms with Gasteiger partial charge in [0.15, 0.2) is 12.4 Å². The van der Waals surface area contributed by atoms with Crippen LogP contribution in [0.15, 0.2) is 20.9 Å². The number of alkyl halides is 1. The number of nitrogens with one attached hydrogen (secondary N) is 1. The van der Waals surface area contributed by atoms with Crippen molar-refractivity contribution in [3.05, 3.63) is 43.0 Å². The van der Waals surface area contributed by atoms with Gasteiger partial charge in [-0.3, -0.25) is 19.1 Å². The highest BCUT2D eigenvalue weighted by Gasteiger charge is 2.56. The van der Waals surface area contributed by atoms with Crippen LogP contribution in [-0.4, -0.2) is 68.3 Å². The molecule has 13 heteroatoms. The molecule has 0 radical (unpaired) electrons. The van der Waals surface area contributed by atoms with Gasteiger partial charge in [0, 0.05) is 24.2 Å². The summed E-state index contributed by atoms with van der Waals surface area (Å²) in [7, 11) is 0. The molecule has 1 aromatic heterocycles. The molecule has 0 saturated carbocycles. The molecule has 3 rings (SSSR count). The number of aliphatic hydroxyl groups excluding tert-OH is 2. The second kappa shape index (κ2) is 7.12. The Morgan fingerprint density at radius 3 is 2.74 bits per heavy atom. The molecule has 2 aliphatic rings. The van der Waals surface area contributed by atoms with Crippen molar-refractivity contribution < 1.29 is 24.1 Å². The number of carbonyl (C=O) groups excluding carboxylic acids is 1. The van der Waals surface area contributed by atoms with Crippen LogP contribution in [0.2, 0.25) is 0 Å². The average molecular weight is 384 g/mol. The highest BCUT2D eigenvalue weighted by Crippen LogP contribution is 2.39. The van der Waals surface area contributed by atoms with Crippen LogP contribution in [0.4, 0.5) is 4.39 Å². The molecule has 1 amide bonds. The highest BCUT2D eigenvalue weighted by molar-refractivity contribution is 5.93. The van der Waals surface area contributed by atoms with Crippen molar-refractivity contribution in [2.24, 2.45) is 5.11 Å². The Hall–Kier alpha value is -2.73. The molecule has 0 aromatic carbocycles. The van der Waals surface area contributed by atoms with E-state index in [0.717, 1.165) is 19.0 Å². The van der Waals surface area contributed by atoms with E-state index < -0.39 is 53.6 Å². The third-order valence-electron chi connectivity index (χ3n) is 4.67. The van der Waals surface area contributed by atoms with Crippen LogP contribution in [0.1, 0.15) is 29.4 Å². The van der Waals surface area contributed by atoms with Crippen LogP contribution in [0, 0.1) is 0 Å². The van der Waals surface area contributed by atoms with Gasteiger partial charge in [-0.2, -0.15) is 0 Å². The zero-order valence-corrected chi connectivity index (χ0v) is 14.0. The van der Waals surface area contributed by atoms with Gasteiger partial charge in [0.05, 0.1) is 6.61 Å². The Morgan fingerprint density at radius 2 is 2.15 bits per heavy atom. The standard InChI is InChI=1S/C14H17FN6O6/c15-8-9(23)14(6-22,18-19-16)27-12(8)21-5-7(10(24)17-13(21)26)11(25)20-3-1-2-4-20/h5,8-9,12,22-23H,1-4,6H2,(H,17,24,26)/t8-,9-,12?,14+/m0/s1. The number of amides is 1. The molecule has 3 N–H and O–H groups in total. The normalized spacial score (nSPS) is 30.3. The number of azide groups is 1. The monoisotopic (exact) mass is 384 g/mol. The molecule has 1 unspecified atom stereocenters. The summed E-state index contributed by atoms with van der Waals surface area (Å²) in [5.74, 6) is -0.625. The van der Waals surface area contributed by atoms with Gasteiger partial charge in [-0.15, -0.1) is 0 Å². The van der Waals surface area contributed by atoms with Crippen LogP contribution >= 0.6 is 0 Å². The van der Waals surface area contributed by atoms with Crippen molar-refractivity contribution in [3.63, 3.8) is 0 Å². The third-order valence-corrected chi connectivity index (χ3v) is 4.67. The van der Waals surface area contributed by atoms with E-state index in [2.05, 4.69) is 10.0 Å². The Bertz CT molecular complexity index is 904. The summed E-state index contributed by atoms with van der Waals surface area (Å²) in [6, 6.07) is 0. The maximum Gasteiger partial charge on any atom is 0.330 e. The largest absolute Gasteiger partial charge is 0.393 e. The van der Waals surface area contributed by atoms with Gasteiger partial charge < -0.3 is 19.8 Å². The second-order valence-corrected chi connectivity index (χ2v) is 6.30. The molecule has 0 spiro atoms. The molecule has 2 saturated heterocycles. The minimum absolute atomic E-state index is 0.396. The number of aliphatic hydroxyl groups is 2. The van der Waals surface area contributed by atoms with E-state index in [9.17, 15) is 29.0 Å². The summed E-state index contributed by atoms with van der Waals surface area (Å²) in [5.41, 5.74) is 3.81. The number of ether oxygens (including phenoxy) is 1. The van der Waals surface area contributed by atoms with E-state index in [1.54, 1.807) is 0 Å². The van der Waals surface area contributed by atoms with Gasteiger partial charge >= 0.3 is 5.69 Å². The third kappa shape index (κ3) is 3.10. The lowest BCUT2D eigenvalue weighted by molar-refractivity contribution is -0.124. The van der Waals surface area contributed by atoms with Gasteiger partial charge in [-0.1, -0.05) is 5.11 Å². The first-order valence-corrected chi connectivity index (χ1v) is 8.16. The van der Waals surface area contributed by atoms with Crippen molar-refractivity contribution in [3.8, 4) is 0 Å². The number of halogens is 1. The Kier molecular flexibility index (Phi) is 5.02. The van der Waals surface area contributed by atoms with Crippen LogP contribution in [-0.2, 0) is 4.74 Å². The smallest absolute Gasteiger partial charge is 0.330 e. The molecular weight excluding hydrogens is 367 g/mol. The zero-order chi connectivity index (χ0) is 19.8. The van der Waals surface area contributed by atoms with E-state index in [0.29, 0.717) is 17.7 Å². The van der Waals surface area contributed by atoms with Crippen LogP contribution in [0.3, 0.4) is 0 Å². The van der Waals surface area contributed by atoms with Gasteiger partial charge in [0.1, 0.15) is 11.7 Å². The van der Waals surface area contributed by atoms with Crippen molar-refractivity contribution in [1.29, 1.82) is 0 Å². The molecule has 146 valence electrons. The maximum atomic E-state index is 14.6. The fraction of sp³-hybridized carbons (Fsp3) is 0.643. The average Bonchev–Trinajstić information content (AvgIpc) is 3.26. The lowest BCUT2D eigenvalue weighted by Crippen LogP contribution is -2.43. The number of hydrogen-bond acceptors (Lipinski definition) is 7. The van der Waals surface area contributed by atoms with E-state index >= 15 is 0 Å². The lowest BCUT2D eigenvalue weighted by atomic mass is 10.1. The molecule has 12 nitrogen and oxygen atoms in total. The summed E-state index contributed by atoms with van der Waals surface area (Å²) in [6.07, 6.45) is -3.78. The Labute approximate surface area is 150 Å². The van der Waals surface area contributed by atoms with E-state index in [1.807, 2.05) is 4.98 Å². The number of aromatic nitrogens is 2. The van der Waals surface area contributed by atoms with Crippen LogP contribution in [0.25, 0.3) is 10.4 Å². The van der Waals surface area contributed by atoms with Crippen molar-refractivity contribution >= 4 is 5.91 Å². The van der Waals surface area contributed by atoms with E-state index in [4.69, 9.17) is 10.3 Å². The predicted molar refractivity (Wildman–Crippen MR) is 86.4 cm³/mol. The zero-order valence-electron chi connectivity index (χ0n) is 14.0.